The standard InChI is InChI=1S/C14H21FN2O3S/c1-5-10(6-2)14(18)16-12-9-11(15)7-8-13(12)17(3)21(4,19)20/h7-10H,5-6H2,1-4H3,(H,16,18). The summed E-state index contributed by atoms with van der Waals surface area (Å²) in [7, 11) is -2.14. The van der Waals surface area contributed by atoms with Crippen molar-refractivity contribution < 1.29 is 17.6 Å². The van der Waals surface area contributed by atoms with Crippen LogP contribution in [-0.4, -0.2) is 27.6 Å². The third-order valence-electron chi connectivity index (χ3n) is 3.41. The van der Waals surface area contributed by atoms with Crippen LogP contribution in [0.3, 0.4) is 0 Å². The van der Waals surface area contributed by atoms with Crippen molar-refractivity contribution in [3.63, 3.8) is 0 Å². The molecule has 0 saturated heterocycles. The number of sulfonamides is 1. The smallest absolute Gasteiger partial charge is 0.232 e. The average molecular weight is 316 g/mol. The summed E-state index contributed by atoms with van der Waals surface area (Å²) in [5, 5.41) is 2.62. The maximum Gasteiger partial charge on any atom is 0.232 e. The summed E-state index contributed by atoms with van der Waals surface area (Å²) in [6, 6.07) is 3.61. The molecule has 1 aromatic carbocycles. The summed E-state index contributed by atoms with van der Waals surface area (Å²) in [5.74, 6) is -0.973. The van der Waals surface area contributed by atoms with E-state index in [1.165, 1.54) is 13.1 Å². The van der Waals surface area contributed by atoms with E-state index < -0.39 is 15.8 Å². The lowest BCUT2D eigenvalue weighted by Gasteiger charge is -2.21. The third-order valence-corrected chi connectivity index (χ3v) is 4.60. The Morgan fingerprint density at radius 2 is 1.90 bits per heavy atom. The van der Waals surface area contributed by atoms with Gasteiger partial charge in [0.1, 0.15) is 5.82 Å². The Morgan fingerprint density at radius 1 is 1.33 bits per heavy atom. The second-order valence-corrected chi connectivity index (χ2v) is 6.91. The molecule has 0 saturated carbocycles. The van der Waals surface area contributed by atoms with Crippen LogP contribution < -0.4 is 9.62 Å². The minimum Gasteiger partial charge on any atom is -0.324 e. The van der Waals surface area contributed by atoms with Crippen molar-refractivity contribution in [3.8, 4) is 0 Å². The summed E-state index contributed by atoms with van der Waals surface area (Å²) in [6.45, 7) is 3.78. The number of rotatable bonds is 6. The van der Waals surface area contributed by atoms with Crippen molar-refractivity contribution in [1.29, 1.82) is 0 Å². The highest BCUT2D eigenvalue weighted by Gasteiger charge is 2.20. The summed E-state index contributed by atoms with van der Waals surface area (Å²) < 4.78 is 37.7. The zero-order chi connectivity index (χ0) is 16.2. The number of nitrogens with one attached hydrogen (secondary N) is 1. The average Bonchev–Trinajstić information content (AvgIpc) is 2.38. The number of hydrogen-bond donors (Lipinski definition) is 1. The van der Waals surface area contributed by atoms with Crippen molar-refractivity contribution >= 4 is 27.3 Å². The number of amides is 1. The number of carbonyl (C=O) groups is 1. The molecule has 7 heteroatoms. The molecule has 118 valence electrons. The highest BCUT2D eigenvalue weighted by molar-refractivity contribution is 7.92. The maximum atomic E-state index is 13.4. The molecule has 0 aliphatic carbocycles. The van der Waals surface area contributed by atoms with E-state index in [-0.39, 0.29) is 23.2 Å². The van der Waals surface area contributed by atoms with E-state index >= 15 is 0 Å². The number of nitrogens with zero attached hydrogens (tertiary/aromatic N) is 1. The highest BCUT2D eigenvalue weighted by atomic mass is 32.2. The third kappa shape index (κ3) is 4.42. The Bertz CT molecular complexity index is 613. The van der Waals surface area contributed by atoms with Gasteiger partial charge in [0.15, 0.2) is 0 Å². The normalized spacial score (nSPS) is 11.5. The Balaban J connectivity index is 3.17. The molecule has 0 spiro atoms. The lowest BCUT2D eigenvalue weighted by molar-refractivity contribution is -0.120. The molecule has 21 heavy (non-hydrogen) atoms. The molecule has 1 N–H and O–H groups in total. The number of hydrogen-bond acceptors (Lipinski definition) is 3. The lowest BCUT2D eigenvalue weighted by atomic mass is 10.0. The summed E-state index contributed by atoms with van der Waals surface area (Å²) in [5.41, 5.74) is 0.387. The number of anilines is 2. The molecule has 0 fully saturated rings. The van der Waals surface area contributed by atoms with Gasteiger partial charge in [-0.05, 0) is 31.0 Å². The fraction of sp³-hybridized carbons (Fsp3) is 0.500. The first kappa shape index (κ1) is 17.4. The molecule has 5 nitrogen and oxygen atoms in total. The molecule has 1 rings (SSSR count). The Hall–Kier alpha value is -1.63. The van der Waals surface area contributed by atoms with Crippen molar-refractivity contribution in [2.24, 2.45) is 5.92 Å². The molecule has 0 aliphatic rings. The number of benzene rings is 1. The predicted octanol–water partition coefficient (Wildman–Crippen LogP) is 2.60. The zero-order valence-electron chi connectivity index (χ0n) is 12.7. The SMILES string of the molecule is CCC(CC)C(=O)Nc1cc(F)ccc1N(C)S(C)(=O)=O. The maximum absolute atomic E-state index is 13.4. The van der Waals surface area contributed by atoms with Crippen LogP contribution in [0.2, 0.25) is 0 Å². The van der Waals surface area contributed by atoms with Gasteiger partial charge in [-0.15, -0.1) is 0 Å². The van der Waals surface area contributed by atoms with Gasteiger partial charge in [-0.25, -0.2) is 12.8 Å². The van der Waals surface area contributed by atoms with Gasteiger partial charge >= 0.3 is 0 Å². The van der Waals surface area contributed by atoms with E-state index in [2.05, 4.69) is 5.32 Å². The molecule has 0 unspecified atom stereocenters. The second kappa shape index (κ2) is 6.89. The van der Waals surface area contributed by atoms with Crippen LogP contribution in [0, 0.1) is 11.7 Å². The van der Waals surface area contributed by atoms with Gasteiger partial charge in [0.05, 0.1) is 17.6 Å². The highest BCUT2D eigenvalue weighted by Crippen LogP contribution is 2.28. The van der Waals surface area contributed by atoms with Gasteiger partial charge in [0.2, 0.25) is 15.9 Å². The Morgan fingerprint density at radius 3 is 2.38 bits per heavy atom. The van der Waals surface area contributed by atoms with Crippen LogP contribution in [0.25, 0.3) is 0 Å². The first-order chi connectivity index (χ1) is 9.70. The zero-order valence-corrected chi connectivity index (χ0v) is 13.5. The number of carbonyl (C=O) groups excluding carboxylic acids is 1. The molecule has 1 amide bonds. The van der Waals surface area contributed by atoms with E-state index in [0.717, 1.165) is 22.7 Å². The van der Waals surface area contributed by atoms with Crippen molar-refractivity contribution in [1.82, 2.24) is 0 Å². The van der Waals surface area contributed by atoms with E-state index in [4.69, 9.17) is 0 Å². The van der Waals surface area contributed by atoms with Crippen LogP contribution in [0.4, 0.5) is 15.8 Å². The van der Waals surface area contributed by atoms with Crippen LogP contribution >= 0.6 is 0 Å². The molecule has 1 aromatic rings. The van der Waals surface area contributed by atoms with E-state index in [0.29, 0.717) is 12.8 Å². The van der Waals surface area contributed by atoms with E-state index in [1.54, 1.807) is 0 Å². The van der Waals surface area contributed by atoms with E-state index in [1.807, 2.05) is 13.8 Å². The van der Waals surface area contributed by atoms with Gasteiger partial charge in [0, 0.05) is 13.0 Å². The van der Waals surface area contributed by atoms with Crippen molar-refractivity contribution in [2.45, 2.75) is 26.7 Å². The lowest BCUT2D eigenvalue weighted by Crippen LogP contribution is -2.28. The molecular weight excluding hydrogens is 295 g/mol. The quantitative estimate of drug-likeness (QED) is 0.877. The fourth-order valence-electron chi connectivity index (χ4n) is 1.96. The van der Waals surface area contributed by atoms with Gasteiger partial charge in [-0.2, -0.15) is 0 Å². The van der Waals surface area contributed by atoms with Gasteiger partial charge in [-0.3, -0.25) is 9.10 Å². The molecule has 0 heterocycles. The molecular formula is C14H21FN2O3S. The summed E-state index contributed by atoms with van der Waals surface area (Å²) >= 11 is 0. The fourth-order valence-corrected chi connectivity index (χ4v) is 2.47. The summed E-state index contributed by atoms with van der Waals surface area (Å²) in [4.78, 5) is 12.1. The van der Waals surface area contributed by atoms with Crippen LogP contribution in [0.5, 0.6) is 0 Å². The largest absolute Gasteiger partial charge is 0.324 e. The first-order valence-corrected chi connectivity index (χ1v) is 8.59. The van der Waals surface area contributed by atoms with Crippen LogP contribution in [0.15, 0.2) is 18.2 Å². The van der Waals surface area contributed by atoms with Crippen molar-refractivity contribution in [2.75, 3.05) is 22.9 Å². The van der Waals surface area contributed by atoms with Gasteiger partial charge in [0.25, 0.3) is 0 Å². The predicted molar refractivity (Wildman–Crippen MR) is 82.3 cm³/mol. The topological polar surface area (TPSA) is 66.5 Å². The Labute approximate surface area is 125 Å². The van der Waals surface area contributed by atoms with Gasteiger partial charge in [-0.1, -0.05) is 13.8 Å². The van der Waals surface area contributed by atoms with E-state index in [9.17, 15) is 17.6 Å². The summed E-state index contributed by atoms with van der Waals surface area (Å²) in [6.07, 6.45) is 2.37. The Kier molecular flexibility index (Phi) is 5.71. The van der Waals surface area contributed by atoms with Crippen LogP contribution in [0.1, 0.15) is 26.7 Å². The molecule has 0 radical (unpaired) electrons. The van der Waals surface area contributed by atoms with Crippen LogP contribution in [-0.2, 0) is 14.8 Å². The molecule has 0 bridgehead atoms. The minimum atomic E-state index is -3.50. The number of halogens is 1. The van der Waals surface area contributed by atoms with Crippen molar-refractivity contribution in [3.05, 3.63) is 24.0 Å². The molecule has 0 atom stereocenters. The first-order valence-electron chi connectivity index (χ1n) is 6.75. The second-order valence-electron chi connectivity index (χ2n) is 4.89. The minimum absolute atomic E-state index is 0.153. The molecule has 0 aliphatic heterocycles. The molecule has 0 aromatic heterocycles. The monoisotopic (exact) mass is 316 g/mol. The van der Waals surface area contributed by atoms with Gasteiger partial charge < -0.3 is 5.32 Å².